The molecule has 0 aliphatic carbocycles. The number of carbonyl (C=O) groups is 2. The number of nitrogens with one attached hydrogen (secondary N) is 1. The highest BCUT2D eigenvalue weighted by molar-refractivity contribution is 6.00. The number of rotatable bonds is 4. The highest BCUT2D eigenvalue weighted by atomic mass is 19.4. The van der Waals surface area contributed by atoms with Crippen molar-refractivity contribution in [3.05, 3.63) is 59.7 Å². The molecule has 1 aliphatic heterocycles. The monoisotopic (exact) mass is 391 g/mol. The summed E-state index contributed by atoms with van der Waals surface area (Å²) < 4.78 is 38.8. The number of hydrogen-bond donors (Lipinski definition) is 2. The molecule has 0 atom stereocenters. The molecule has 3 N–H and O–H groups in total. The molecule has 1 fully saturated rings. The standard InChI is InChI=1S/C20H20F3N3O2/c21-20(22,23)14-4-3-5-15(12-14)25-17-7-2-1-6-16(17)19(28)26-10-8-13(9-11-26)18(24)27/h1-7,12-13,25H,8-11H2,(H2,24,27). The summed E-state index contributed by atoms with van der Waals surface area (Å²) >= 11 is 0. The van der Waals surface area contributed by atoms with Gasteiger partial charge in [-0.1, -0.05) is 18.2 Å². The summed E-state index contributed by atoms with van der Waals surface area (Å²) in [7, 11) is 0. The SMILES string of the molecule is NC(=O)C1CCN(C(=O)c2ccccc2Nc2cccc(C(F)(F)F)c2)CC1. The molecule has 5 nitrogen and oxygen atoms in total. The molecule has 28 heavy (non-hydrogen) atoms. The van der Waals surface area contributed by atoms with Crippen molar-refractivity contribution in [2.45, 2.75) is 19.0 Å². The lowest BCUT2D eigenvalue weighted by Crippen LogP contribution is -2.41. The number of carbonyl (C=O) groups excluding carboxylic acids is 2. The smallest absolute Gasteiger partial charge is 0.369 e. The number of amides is 2. The Morgan fingerprint density at radius 2 is 1.71 bits per heavy atom. The van der Waals surface area contributed by atoms with Gasteiger partial charge in [0.15, 0.2) is 0 Å². The van der Waals surface area contributed by atoms with Crippen LogP contribution in [0.4, 0.5) is 24.5 Å². The van der Waals surface area contributed by atoms with Crippen LogP contribution in [0.3, 0.4) is 0 Å². The Bertz CT molecular complexity index is 875. The van der Waals surface area contributed by atoms with Crippen molar-refractivity contribution in [3.8, 4) is 0 Å². The van der Waals surface area contributed by atoms with Gasteiger partial charge in [-0.2, -0.15) is 13.2 Å². The number of nitrogens with zero attached hydrogens (tertiary/aromatic N) is 1. The fourth-order valence-corrected chi connectivity index (χ4v) is 3.24. The highest BCUT2D eigenvalue weighted by Crippen LogP contribution is 2.32. The Labute approximate surface area is 160 Å². The number of primary amides is 1. The van der Waals surface area contributed by atoms with Crippen LogP contribution in [0.5, 0.6) is 0 Å². The quantitative estimate of drug-likeness (QED) is 0.833. The highest BCUT2D eigenvalue weighted by Gasteiger charge is 2.31. The summed E-state index contributed by atoms with van der Waals surface area (Å²) in [5.74, 6) is -0.834. The molecule has 148 valence electrons. The molecule has 1 heterocycles. The minimum Gasteiger partial charge on any atom is -0.369 e. The minimum absolute atomic E-state index is 0.234. The molecule has 8 heteroatoms. The van der Waals surface area contributed by atoms with E-state index in [2.05, 4.69) is 5.32 Å². The van der Waals surface area contributed by atoms with Crippen molar-refractivity contribution >= 4 is 23.2 Å². The van der Waals surface area contributed by atoms with Gasteiger partial charge in [-0.05, 0) is 43.2 Å². The van der Waals surface area contributed by atoms with E-state index in [-0.39, 0.29) is 23.4 Å². The van der Waals surface area contributed by atoms with E-state index in [1.54, 1.807) is 29.2 Å². The van der Waals surface area contributed by atoms with Crippen LogP contribution < -0.4 is 11.1 Å². The van der Waals surface area contributed by atoms with Crippen molar-refractivity contribution in [3.63, 3.8) is 0 Å². The zero-order valence-corrected chi connectivity index (χ0v) is 15.0. The van der Waals surface area contributed by atoms with E-state index in [9.17, 15) is 22.8 Å². The molecule has 1 aliphatic rings. The van der Waals surface area contributed by atoms with E-state index in [0.29, 0.717) is 37.2 Å². The summed E-state index contributed by atoms with van der Waals surface area (Å²) in [6.45, 7) is 0.814. The number of benzene rings is 2. The van der Waals surface area contributed by atoms with Crippen LogP contribution in [0.25, 0.3) is 0 Å². The van der Waals surface area contributed by atoms with Gasteiger partial charge in [0.1, 0.15) is 0 Å². The maximum absolute atomic E-state index is 12.9. The molecule has 0 unspecified atom stereocenters. The van der Waals surface area contributed by atoms with E-state index < -0.39 is 11.7 Å². The van der Waals surface area contributed by atoms with Gasteiger partial charge in [0, 0.05) is 24.7 Å². The summed E-state index contributed by atoms with van der Waals surface area (Å²) in [6, 6.07) is 11.5. The third kappa shape index (κ3) is 4.44. The van der Waals surface area contributed by atoms with Gasteiger partial charge < -0.3 is 16.0 Å². The van der Waals surface area contributed by atoms with Crippen molar-refractivity contribution in [1.82, 2.24) is 4.90 Å². The summed E-state index contributed by atoms with van der Waals surface area (Å²) in [6.07, 6.45) is -3.44. The Morgan fingerprint density at radius 3 is 2.36 bits per heavy atom. The van der Waals surface area contributed by atoms with Gasteiger partial charge in [-0.3, -0.25) is 9.59 Å². The predicted molar refractivity (Wildman–Crippen MR) is 99.0 cm³/mol. The first-order chi connectivity index (χ1) is 13.3. The number of likely N-dealkylation sites (tertiary alicyclic amines) is 1. The lowest BCUT2D eigenvalue weighted by molar-refractivity contribution is -0.137. The number of hydrogen-bond acceptors (Lipinski definition) is 3. The fourth-order valence-electron chi connectivity index (χ4n) is 3.24. The molecule has 0 saturated carbocycles. The molecule has 2 aromatic rings. The Morgan fingerprint density at radius 1 is 1.04 bits per heavy atom. The maximum atomic E-state index is 12.9. The Kier molecular flexibility index (Phi) is 5.58. The molecule has 0 radical (unpaired) electrons. The van der Waals surface area contributed by atoms with Crippen molar-refractivity contribution in [2.24, 2.45) is 11.7 Å². The average Bonchev–Trinajstić information content (AvgIpc) is 2.67. The molecular formula is C20H20F3N3O2. The van der Waals surface area contributed by atoms with Crippen LogP contribution in [0.1, 0.15) is 28.8 Å². The van der Waals surface area contributed by atoms with Gasteiger partial charge in [0.2, 0.25) is 5.91 Å². The second-order valence-corrected chi connectivity index (χ2v) is 6.72. The lowest BCUT2D eigenvalue weighted by atomic mass is 9.95. The molecule has 2 amide bonds. The van der Waals surface area contributed by atoms with Gasteiger partial charge in [-0.15, -0.1) is 0 Å². The average molecular weight is 391 g/mol. The second-order valence-electron chi connectivity index (χ2n) is 6.72. The van der Waals surface area contributed by atoms with Gasteiger partial charge in [0.25, 0.3) is 5.91 Å². The number of piperidine rings is 1. The number of nitrogens with two attached hydrogens (primary N) is 1. The number of alkyl halides is 3. The van der Waals surface area contributed by atoms with Gasteiger partial charge in [0.05, 0.1) is 16.8 Å². The molecular weight excluding hydrogens is 371 g/mol. The first-order valence-electron chi connectivity index (χ1n) is 8.87. The minimum atomic E-state index is -4.45. The van der Waals surface area contributed by atoms with E-state index >= 15 is 0 Å². The van der Waals surface area contributed by atoms with E-state index in [1.807, 2.05) is 0 Å². The van der Waals surface area contributed by atoms with Crippen molar-refractivity contribution in [2.75, 3.05) is 18.4 Å². The zero-order valence-electron chi connectivity index (χ0n) is 15.0. The van der Waals surface area contributed by atoms with Gasteiger partial charge >= 0.3 is 6.18 Å². The van der Waals surface area contributed by atoms with E-state index in [1.165, 1.54) is 12.1 Å². The van der Waals surface area contributed by atoms with Crippen LogP contribution in [0.2, 0.25) is 0 Å². The molecule has 2 aromatic carbocycles. The molecule has 0 spiro atoms. The van der Waals surface area contributed by atoms with Gasteiger partial charge in [-0.25, -0.2) is 0 Å². The molecule has 3 rings (SSSR count). The summed E-state index contributed by atoms with van der Waals surface area (Å²) in [5.41, 5.74) is 5.57. The van der Waals surface area contributed by atoms with Crippen molar-refractivity contribution in [1.29, 1.82) is 0 Å². The molecule has 0 aromatic heterocycles. The Balaban J connectivity index is 1.79. The first kappa shape index (κ1) is 19.7. The number of anilines is 2. The second kappa shape index (κ2) is 7.92. The van der Waals surface area contributed by atoms with Crippen molar-refractivity contribution < 1.29 is 22.8 Å². The van der Waals surface area contributed by atoms with E-state index in [0.717, 1.165) is 12.1 Å². The topological polar surface area (TPSA) is 75.4 Å². The summed E-state index contributed by atoms with van der Waals surface area (Å²) in [4.78, 5) is 25.8. The number of halogens is 3. The maximum Gasteiger partial charge on any atom is 0.416 e. The van der Waals surface area contributed by atoms with E-state index in [4.69, 9.17) is 5.73 Å². The lowest BCUT2D eigenvalue weighted by Gasteiger charge is -2.31. The largest absolute Gasteiger partial charge is 0.416 e. The zero-order chi connectivity index (χ0) is 20.3. The summed E-state index contributed by atoms with van der Waals surface area (Å²) in [5, 5.41) is 2.91. The third-order valence-electron chi connectivity index (χ3n) is 4.81. The van der Waals surface area contributed by atoms with Crippen LogP contribution in [-0.2, 0) is 11.0 Å². The van der Waals surface area contributed by atoms with Crippen LogP contribution >= 0.6 is 0 Å². The fraction of sp³-hybridized carbons (Fsp3) is 0.300. The molecule has 0 bridgehead atoms. The molecule has 1 saturated heterocycles. The Hall–Kier alpha value is -3.03. The first-order valence-corrected chi connectivity index (χ1v) is 8.87. The number of para-hydroxylation sites is 1. The third-order valence-corrected chi connectivity index (χ3v) is 4.81. The van der Waals surface area contributed by atoms with Crippen LogP contribution in [0.15, 0.2) is 48.5 Å². The predicted octanol–water partition coefficient (Wildman–Crippen LogP) is 3.79. The van der Waals surface area contributed by atoms with Crippen LogP contribution in [0, 0.1) is 5.92 Å². The normalized spacial score (nSPS) is 15.3. The van der Waals surface area contributed by atoms with Crippen LogP contribution in [-0.4, -0.2) is 29.8 Å².